The van der Waals surface area contributed by atoms with Gasteiger partial charge in [0, 0.05) is 42.2 Å². The number of hydrogen-bond donors (Lipinski definition) is 1. The first-order valence-electron chi connectivity index (χ1n) is 7.24. The zero-order chi connectivity index (χ0) is 14.8. The molecule has 0 atom stereocenters. The predicted octanol–water partition coefficient (Wildman–Crippen LogP) is 2.18. The highest BCUT2D eigenvalue weighted by molar-refractivity contribution is 5.97. The van der Waals surface area contributed by atoms with Gasteiger partial charge >= 0.3 is 0 Å². The van der Waals surface area contributed by atoms with E-state index in [1.807, 2.05) is 24.4 Å². The van der Waals surface area contributed by atoms with Crippen molar-refractivity contribution in [3.8, 4) is 11.5 Å². The zero-order valence-corrected chi connectivity index (χ0v) is 12.5. The second kappa shape index (κ2) is 5.77. The van der Waals surface area contributed by atoms with Crippen LogP contribution in [0.2, 0.25) is 0 Å². The topological polar surface area (TPSA) is 60.6 Å². The fourth-order valence-electron chi connectivity index (χ4n) is 2.86. The van der Waals surface area contributed by atoms with Gasteiger partial charge in [0.1, 0.15) is 17.3 Å². The molecular formula is C16H21N3O2. The first-order chi connectivity index (χ1) is 10.2. The Labute approximate surface area is 124 Å². The largest absolute Gasteiger partial charge is 0.497 e. The fraction of sp³-hybridized carbons (Fsp3) is 0.438. The third kappa shape index (κ3) is 2.61. The zero-order valence-electron chi connectivity index (χ0n) is 12.5. The van der Waals surface area contributed by atoms with E-state index < -0.39 is 0 Å². The van der Waals surface area contributed by atoms with Gasteiger partial charge in [0.2, 0.25) is 0 Å². The molecule has 0 radical (unpaired) electrons. The molecule has 5 heteroatoms. The number of pyridine rings is 1. The number of aromatic nitrogens is 1. The number of rotatable bonds is 3. The summed E-state index contributed by atoms with van der Waals surface area (Å²) in [7, 11) is 3.34. The van der Waals surface area contributed by atoms with Gasteiger partial charge in [-0.15, -0.1) is 0 Å². The molecule has 1 aliphatic heterocycles. The fourth-order valence-corrected chi connectivity index (χ4v) is 2.86. The van der Waals surface area contributed by atoms with Gasteiger partial charge in [-0.1, -0.05) is 0 Å². The number of nitrogens with two attached hydrogens (primary N) is 1. The van der Waals surface area contributed by atoms with E-state index in [0.717, 1.165) is 54.0 Å². The average molecular weight is 287 g/mol. The minimum atomic E-state index is 0.306. The van der Waals surface area contributed by atoms with Crippen LogP contribution in [0.15, 0.2) is 24.4 Å². The molecule has 1 aliphatic rings. The molecule has 2 N–H and O–H groups in total. The molecule has 0 unspecified atom stereocenters. The van der Waals surface area contributed by atoms with Crippen LogP contribution in [0.5, 0.6) is 11.5 Å². The molecule has 2 aromatic rings. The van der Waals surface area contributed by atoms with E-state index in [9.17, 15) is 0 Å². The monoisotopic (exact) mass is 287 g/mol. The van der Waals surface area contributed by atoms with Gasteiger partial charge in [-0.2, -0.15) is 0 Å². The summed E-state index contributed by atoms with van der Waals surface area (Å²) in [5.74, 6) is 2.57. The van der Waals surface area contributed by atoms with Gasteiger partial charge in [-0.05, 0) is 25.0 Å². The van der Waals surface area contributed by atoms with Crippen LogP contribution in [0.3, 0.4) is 0 Å². The van der Waals surface area contributed by atoms with Crippen LogP contribution < -0.4 is 20.1 Å². The van der Waals surface area contributed by atoms with Gasteiger partial charge in [-0.3, -0.25) is 0 Å². The van der Waals surface area contributed by atoms with Crippen molar-refractivity contribution in [2.75, 3.05) is 32.2 Å². The molecule has 0 spiro atoms. The van der Waals surface area contributed by atoms with Gasteiger partial charge in [0.15, 0.2) is 0 Å². The summed E-state index contributed by atoms with van der Waals surface area (Å²) in [6, 6.07) is 6.21. The number of nitrogens with zero attached hydrogens (tertiary/aromatic N) is 2. The van der Waals surface area contributed by atoms with Crippen molar-refractivity contribution in [3.05, 3.63) is 24.4 Å². The van der Waals surface area contributed by atoms with E-state index in [1.165, 1.54) is 0 Å². The molecule has 0 amide bonds. The molecule has 5 nitrogen and oxygen atoms in total. The lowest BCUT2D eigenvalue weighted by atomic mass is 10.0. The van der Waals surface area contributed by atoms with Crippen LogP contribution in [0.25, 0.3) is 10.8 Å². The maximum atomic E-state index is 5.99. The number of benzene rings is 1. The molecule has 1 aromatic heterocycles. The quantitative estimate of drug-likeness (QED) is 0.937. The number of methoxy groups -OCH3 is 2. The lowest BCUT2D eigenvalue weighted by Gasteiger charge is -2.31. The molecule has 2 heterocycles. The van der Waals surface area contributed by atoms with E-state index in [4.69, 9.17) is 15.2 Å². The Morgan fingerprint density at radius 2 is 1.90 bits per heavy atom. The van der Waals surface area contributed by atoms with Crippen molar-refractivity contribution in [1.29, 1.82) is 0 Å². The molecule has 1 aromatic carbocycles. The molecule has 1 fully saturated rings. The van der Waals surface area contributed by atoms with Gasteiger partial charge in [-0.25, -0.2) is 4.98 Å². The number of ether oxygens (including phenoxy) is 2. The Morgan fingerprint density at radius 1 is 1.14 bits per heavy atom. The average Bonchev–Trinajstić information content (AvgIpc) is 2.54. The lowest BCUT2D eigenvalue weighted by Crippen LogP contribution is -2.40. The van der Waals surface area contributed by atoms with Crippen LogP contribution in [0.4, 0.5) is 5.82 Å². The molecule has 0 aliphatic carbocycles. The maximum absolute atomic E-state index is 5.99. The molecule has 0 saturated carbocycles. The molecule has 0 bridgehead atoms. The summed E-state index contributed by atoms with van der Waals surface area (Å²) < 4.78 is 10.9. The first-order valence-corrected chi connectivity index (χ1v) is 7.24. The van der Waals surface area contributed by atoms with Crippen molar-refractivity contribution in [1.82, 2.24) is 4.98 Å². The number of piperidine rings is 1. The van der Waals surface area contributed by atoms with E-state index in [0.29, 0.717) is 6.04 Å². The van der Waals surface area contributed by atoms with Crippen molar-refractivity contribution in [2.24, 2.45) is 5.73 Å². The highest BCUT2D eigenvalue weighted by atomic mass is 16.5. The van der Waals surface area contributed by atoms with Crippen molar-refractivity contribution >= 4 is 16.6 Å². The second-order valence-corrected chi connectivity index (χ2v) is 5.38. The highest BCUT2D eigenvalue weighted by Gasteiger charge is 2.20. The first kappa shape index (κ1) is 13.9. The summed E-state index contributed by atoms with van der Waals surface area (Å²) >= 11 is 0. The van der Waals surface area contributed by atoms with Crippen LogP contribution in [0.1, 0.15) is 12.8 Å². The summed E-state index contributed by atoms with van der Waals surface area (Å²) in [5, 5.41) is 2.11. The SMILES string of the molecule is COc1cc(OC)c2ccnc(N3CCC(N)CC3)c2c1. The standard InChI is InChI=1S/C16H21N3O2/c1-20-12-9-14-13(15(10-12)21-2)3-6-18-16(14)19-7-4-11(17)5-8-19/h3,6,9-11H,4-5,7-8,17H2,1-2H3. The van der Waals surface area contributed by atoms with E-state index in [-0.39, 0.29) is 0 Å². The molecule has 21 heavy (non-hydrogen) atoms. The van der Waals surface area contributed by atoms with Gasteiger partial charge < -0.3 is 20.1 Å². The third-order valence-corrected chi connectivity index (χ3v) is 4.09. The predicted molar refractivity (Wildman–Crippen MR) is 84.3 cm³/mol. The smallest absolute Gasteiger partial charge is 0.136 e. The van der Waals surface area contributed by atoms with Crippen molar-refractivity contribution < 1.29 is 9.47 Å². The minimum absolute atomic E-state index is 0.306. The Bertz CT molecular complexity index is 637. The van der Waals surface area contributed by atoms with E-state index in [2.05, 4.69) is 9.88 Å². The van der Waals surface area contributed by atoms with Crippen molar-refractivity contribution in [2.45, 2.75) is 18.9 Å². The molecular weight excluding hydrogens is 266 g/mol. The number of hydrogen-bond acceptors (Lipinski definition) is 5. The second-order valence-electron chi connectivity index (χ2n) is 5.38. The van der Waals surface area contributed by atoms with E-state index in [1.54, 1.807) is 14.2 Å². The highest BCUT2D eigenvalue weighted by Crippen LogP contribution is 2.36. The van der Waals surface area contributed by atoms with Crippen LogP contribution >= 0.6 is 0 Å². The normalized spacial score (nSPS) is 16.2. The van der Waals surface area contributed by atoms with Gasteiger partial charge in [0.25, 0.3) is 0 Å². The van der Waals surface area contributed by atoms with Gasteiger partial charge in [0.05, 0.1) is 14.2 Å². The van der Waals surface area contributed by atoms with E-state index >= 15 is 0 Å². The minimum Gasteiger partial charge on any atom is -0.497 e. The maximum Gasteiger partial charge on any atom is 0.136 e. The molecule has 3 rings (SSSR count). The Balaban J connectivity index is 2.10. The summed E-state index contributed by atoms with van der Waals surface area (Å²) in [5.41, 5.74) is 5.99. The van der Waals surface area contributed by atoms with Crippen LogP contribution in [-0.4, -0.2) is 38.3 Å². The number of anilines is 1. The van der Waals surface area contributed by atoms with Crippen LogP contribution in [0, 0.1) is 0 Å². The Kier molecular flexibility index (Phi) is 3.84. The third-order valence-electron chi connectivity index (χ3n) is 4.09. The number of fused-ring (bicyclic) bond motifs is 1. The van der Waals surface area contributed by atoms with Crippen LogP contribution in [-0.2, 0) is 0 Å². The summed E-state index contributed by atoms with van der Waals surface area (Å²) in [4.78, 5) is 6.88. The molecule has 112 valence electrons. The van der Waals surface area contributed by atoms with Crippen molar-refractivity contribution in [3.63, 3.8) is 0 Å². The lowest BCUT2D eigenvalue weighted by molar-refractivity contribution is 0.398. The molecule has 1 saturated heterocycles. The Morgan fingerprint density at radius 3 is 2.57 bits per heavy atom. The summed E-state index contributed by atoms with van der Waals surface area (Å²) in [6.07, 6.45) is 3.83. The summed E-state index contributed by atoms with van der Waals surface area (Å²) in [6.45, 7) is 1.87. The Hall–Kier alpha value is -2.01.